The largest absolute Gasteiger partial charge is 0.396 e. The second-order valence-corrected chi connectivity index (χ2v) is 2.85. The number of hydrogen-bond donors (Lipinski definition) is 3. The predicted octanol–water partition coefficient (Wildman–Crippen LogP) is 0.528. The summed E-state index contributed by atoms with van der Waals surface area (Å²) in [6.45, 7) is 3.28. The van der Waals surface area contributed by atoms with E-state index >= 15 is 0 Å². The second-order valence-electron chi connectivity index (χ2n) is 2.85. The summed E-state index contributed by atoms with van der Waals surface area (Å²) in [5, 5.41) is 29.3. The first-order chi connectivity index (χ1) is 7.12. The molecule has 6 heteroatoms. The van der Waals surface area contributed by atoms with Gasteiger partial charge in [0.2, 0.25) is 0 Å². The molecule has 15 heavy (non-hydrogen) atoms. The summed E-state index contributed by atoms with van der Waals surface area (Å²) in [4.78, 5) is 9.96. The molecule has 0 spiro atoms. The average molecular weight is 213 g/mol. The molecule has 0 rings (SSSR count). The van der Waals surface area contributed by atoms with Gasteiger partial charge in [-0.2, -0.15) is 0 Å². The fourth-order valence-corrected chi connectivity index (χ4v) is 1.25. The predicted molar refractivity (Wildman–Crippen MR) is 57.3 cm³/mol. The van der Waals surface area contributed by atoms with Gasteiger partial charge in [0.15, 0.2) is 0 Å². The number of nitro groups is 1. The van der Waals surface area contributed by atoms with E-state index in [-0.39, 0.29) is 18.0 Å². The van der Waals surface area contributed by atoms with Crippen LogP contribution in [0.2, 0.25) is 0 Å². The summed E-state index contributed by atoms with van der Waals surface area (Å²) in [5.41, 5.74) is -0.0872. The molecule has 1 atom stereocenters. The first kappa shape index (κ1) is 13.3. The molecular formula is C9H15N3O3. The standard InChI is InChI=1S/C9H15N3O3/c1-3-4-7(6-13)9(11-2)8(5-10)12(14)15/h3,5,7,10-11,13H,1,4,6H2,2H3/b9-8+,10-5?. The molecule has 1 unspecified atom stereocenters. The van der Waals surface area contributed by atoms with Gasteiger partial charge in [0, 0.05) is 13.0 Å². The van der Waals surface area contributed by atoms with Crippen LogP contribution < -0.4 is 5.32 Å². The molecular weight excluding hydrogens is 198 g/mol. The highest BCUT2D eigenvalue weighted by Gasteiger charge is 2.22. The van der Waals surface area contributed by atoms with Crippen molar-refractivity contribution in [3.63, 3.8) is 0 Å². The minimum atomic E-state index is -0.648. The molecule has 0 heterocycles. The Bertz CT molecular complexity index is 286. The lowest BCUT2D eigenvalue weighted by Crippen LogP contribution is -2.24. The molecule has 0 aromatic heterocycles. The Kier molecular flexibility index (Phi) is 5.96. The van der Waals surface area contributed by atoms with Crippen LogP contribution in [-0.4, -0.2) is 29.9 Å². The highest BCUT2D eigenvalue weighted by molar-refractivity contribution is 5.73. The molecule has 0 aromatic carbocycles. The van der Waals surface area contributed by atoms with E-state index in [0.29, 0.717) is 12.6 Å². The van der Waals surface area contributed by atoms with E-state index in [1.54, 1.807) is 6.08 Å². The highest BCUT2D eigenvalue weighted by atomic mass is 16.6. The Labute approximate surface area is 88.0 Å². The second kappa shape index (κ2) is 6.72. The molecule has 0 fully saturated rings. The molecule has 0 radical (unpaired) electrons. The maximum atomic E-state index is 10.6. The first-order valence-electron chi connectivity index (χ1n) is 4.40. The van der Waals surface area contributed by atoms with Crippen molar-refractivity contribution >= 4 is 6.21 Å². The van der Waals surface area contributed by atoms with Gasteiger partial charge in [0.05, 0.1) is 23.4 Å². The Morgan fingerprint density at radius 3 is 2.67 bits per heavy atom. The molecule has 0 saturated heterocycles. The van der Waals surface area contributed by atoms with Crippen LogP contribution in [0.1, 0.15) is 6.42 Å². The summed E-state index contributed by atoms with van der Waals surface area (Å²) < 4.78 is 0. The van der Waals surface area contributed by atoms with Crippen LogP contribution in [0.5, 0.6) is 0 Å². The van der Waals surface area contributed by atoms with Gasteiger partial charge in [-0.05, 0) is 6.42 Å². The van der Waals surface area contributed by atoms with E-state index in [9.17, 15) is 10.1 Å². The quantitative estimate of drug-likeness (QED) is 0.248. The third kappa shape index (κ3) is 3.51. The van der Waals surface area contributed by atoms with Gasteiger partial charge in [0.1, 0.15) is 0 Å². The zero-order valence-corrected chi connectivity index (χ0v) is 8.56. The molecule has 0 aliphatic carbocycles. The van der Waals surface area contributed by atoms with Crippen molar-refractivity contribution in [1.82, 2.24) is 5.32 Å². The lowest BCUT2D eigenvalue weighted by atomic mass is 10.0. The first-order valence-corrected chi connectivity index (χ1v) is 4.40. The normalized spacial score (nSPS) is 13.7. The van der Waals surface area contributed by atoms with Gasteiger partial charge < -0.3 is 15.8 Å². The van der Waals surface area contributed by atoms with E-state index < -0.39 is 10.8 Å². The molecule has 0 aromatic rings. The summed E-state index contributed by atoms with van der Waals surface area (Å²) in [5.74, 6) is -0.422. The van der Waals surface area contributed by atoms with E-state index in [0.717, 1.165) is 0 Å². The van der Waals surface area contributed by atoms with Crippen LogP contribution in [0.15, 0.2) is 24.0 Å². The van der Waals surface area contributed by atoms with Crippen LogP contribution in [0.3, 0.4) is 0 Å². The third-order valence-electron chi connectivity index (χ3n) is 1.96. The van der Waals surface area contributed by atoms with E-state index in [1.807, 2.05) is 0 Å². The lowest BCUT2D eigenvalue weighted by molar-refractivity contribution is -0.416. The van der Waals surface area contributed by atoms with E-state index in [4.69, 9.17) is 10.5 Å². The number of allylic oxidation sites excluding steroid dienone is 2. The van der Waals surface area contributed by atoms with Crippen molar-refractivity contribution in [2.75, 3.05) is 13.7 Å². The van der Waals surface area contributed by atoms with Crippen molar-refractivity contribution in [2.24, 2.45) is 5.92 Å². The summed E-state index contributed by atoms with van der Waals surface area (Å²) in [6.07, 6.45) is 2.65. The number of nitrogens with one attached hydrogen (secondary N) is 2. The van der Waals surface area contributed by atoms with Crippen molar-refractivity contribution in [1.29, 1.82) is 5.41 Å². The van der Waals surface area contributed by atoms with Crippen LogP contribution in [0.4, 0.5) is 0 Å². The number of aliphatic hydroxyl groups excluding tert-OH is 1. The lowest BCUT2D eigenvalue weighted by Gasteiger charge is -2.15. The average Bonchev–Trinajstić information content (AvgIpc) is 2.22. The number of rotatable bonds is 7. The van der Waals surface area contributed by atoms with E-state index in [1.165, 1.54) is 7.05 Å². The molecule has 6 nitrogen and oxygen atoms in total. The topological polar surface area (TPSA) is 99.2 Å². The van der Waals surface area contributed by atoms with Crippen molar-refractivity contribution < 1.29 is 10.0 Å². The SMILES string of the molecule is C=CCC(CO)/C(NC)=C(/C=N)[N+](=O)[O-]. The fraction of sp³-hybridized carbons (Fsp3) is 0.444. The summed E-state index contributed by atoms with van der Waals surface area (Å²) >= 11 is 0. The number of aliphatic hydroxyl groups is 1. The van der Waals surface area contributed by atoms with Gasteiger partial charge in [0.25, 0.3) is 0 Å². The van der Waals surface area contributed by atoms with Crippen molar-refractivity contribution in [2.45, 2.75) is 6.42 Å². The molecule has 0 amide bonds. The van der Waals surface area contributed by atoms with Gasteiger partial charge in [-0.1, -0.05) is 6.08 Å². The van der Waals surface area contributed by atoms with Crippen LogP contribution in [0.25, 0.3) is 0 Å². The van der Waals surface area contributed by atoms with Crippen LogP contribution in [0, 0.1) is 21.4 Å². The van der Waals surface area contributed by atoms with E-state index in [2.05, 4.69) is 11.9 Å². The van der Waals surface area contributed by atoms with Gasteiger partial charge in [-0.3, -0.25) is 10.1 Å². The Morgan fingerprint density at radius 1 is 1.80 bits per heavy atom. The van der Waals surface area contributed by atoms with Gasteiger partial charge in [-0.25, -0.2) is 0 Å². The molecule has 0 bridgehead atoms. The zero-order chi connectivity index (χ0) is 11.8. The van der Waals surface area contributed by atoms with Crippen LogP contribution >= 0.6 is 0 Å². The monoisotopic (exact) mass is 213 g/mol. The van der Waals surface area contributed by atoms with Crippen LogP contribution in [-0.2, 0) is 0 Å². The summed E-state index contributed by atoms with van der Waals surface area (Å²) in [6, 6.07) is 0. The molecule has 0 aliphatic rings. The Hall–Kier alpha value is -1.69. The fourth-order valence-electron chi connectivity index (χ4n) is 1.25. The molecule has 3 N–H and O–H groups in total. The molecule has 84 valence electrons. The minimum absolute atomic E-state index is 0.229. The smallest absolute Gasteiger partial charge is 0.305 e. The molecule has 0 aliphatic heterocycles. The molecule has 0 saturated carbocycles. The van der Waals surface area contributed by atoms with Crippen molar-refractivity contribution in [3.05, 3.63) is 34.2 Å². The number of nitrogens with zero attached hydrogens (tertiary/aromatic N) is 1. The summed E-state index contributed by atoms with van der Waals surface area (Å²) in [7, 11) is 1.52. The van der Waals surface area contributed by atoms with Crippen molar-refractivity contribution in [3.8, 4) is 0 Å². The Morgan fingerprint density at radius 2 is 2.40 bits per heavy atom. The highest BCUT2D eigenvalue weighted by Crippen LogP contribution is 2.16. The maximum Gasteiger partial charge on any atom is 0.305 e. The maximum absolute atomic E-state index is 10.6. The minimum Gasteiger partial charge on any atom is -0.396 e. The van der Waals surface area contributed by atoms with Gasteiger partial charge in [-0.15, -0.1) is 6.58 Å². The zero-order valence-electron chi connectivity index (χ0n) is 8.56. The third-order valence-corrected chi connectivity index (χ3v) is 1.96. The number of hydrogen-bond acceptors (Lipinski definition) is 5. The Balaban J connectivity index is 5.21. The van der Waals surface area contributed by atoms with Gasteiger partial charge >= 0.3 is 5.70 Å².